The van der Waals surface area contributed by atoms with Crippen LogP contribution in [0.2, 0.25) is 0 Å². The monoisotopic (exact) mass is 165 g/mol. The van der Waals surface area contributed by atoms with Crippen LogP contribution in [-0.4, -0.2) is 11.7 Å². The highest BCUT2D eigenvalue weighted by Gasteiger charge is 2.34. The van der Waals surface area contributed by atoms with Crippen molar-refractivity contribution in [2.45, 2.75) is 12.8 Å². The fraction of sp³-hybridized carbons (Fsp3) is 0.667. The van der Waals surface area contributed by atoms with Crippen molar-refractivity contribution in [2.24, 2.45) is 22.7 Å². The summed E-state index contributed by atoms with van der Waals surface area (Å²) in [5.74, 6) is 2.41. The standard InChI is InChI=1S/C9H11NS/c11-6-10-5-9-4-7-1-2-8(9)3-7/h1-2,7-9H,3-5H2. The Morgan fingerprint density at radius 3 is 2.91 bits per heavy atom. The van der Waals surface area contributed by atoms with Gasteiger partial charge in [0.1, 0.15) is 0 Å². The van der Waals surface area contributed by atoms with Crippen molar-refractivity contribution in [1.29, 1.82) is 0 Å². The molecule has 2 aliphatic carbocycles. The Bertz CT molecular complexity index is 228. The third kappa shape index (κ3) is 1.29. The molecule has 2 bridgehead atoms. The molecule has 58 valence electrons. The molecule has 2 heteroatoms. The predicted molar refractivity (Wildman–Crippen MR) is 48.7 cm³/mol. The Balaban J connectivity index is 1.98. The van der Waals surface area contributed by atoms with Crippen LogP contribution >= 0.6 is 12.2 Å². The minimum Gasteiger partial charge on any atom is -0.232 e. The molecule has 11 heavy (non-hydrogen) atoms. The number of hydrogen-bond donors (Lipinski definition) is 0. The van der Waals surface area contributed by atoms with Crippen molar-refractivity contribution in [3.05, 3.63) is 12.2 Å². The second-order valence-electron chi connectivity index (χ2n) is 3.47. The second kappa shape index (κ2) is 2.88. The number of rotatable bonds is 2. The van der Waals surface area contributed by atoms with E-state index in [1.807, 2.05) is 0 Å². The maximum Gasteiger partial charge on any atom is 0.0585 e. The fourth-order valence-corrected chi connectivity index (χ4v) is 2.33. The zero-order valence-electron chi connectivity index (χ0n) is 6.36. The van der Waals surface area contributed by atoms with Crippen LogP contribution in [-0.2, 0) is 0 Å². The summed E-state index contributed by atoms with van der Waals surface area (Å²) in [4.78, 5) is 4.00. The van der Waals surface area contributed by atoms with Gasteiger partial charge in [0, 0.05) is 0 Å². The summed E-state index contributed by atoms with van der Waals surface area (Å²) in [5.41, 5.74) is 0. The Morgan fingerprint density at radius 2 is 2.36 bits per heavy atom. The van der Waals surface area contributed by atoms with Crippen LogP contribution in [0.25, 0.3) is 0 Å². The van der Waals surface area contributed by atoms with Crippen LogP contribution in [0.4, 0.5) is 0 Å². The number of thiocarbonyl (C=S) groups is 1. The third-order valence-electron chi connectivity index (χ3n) is 2.81. The lowest BCUT2D eigenvalue weighted by Gasteiger charge is -2.13. The Morgan fingerprint density at radius 1 is 1.45 bits per heavy atom. The lowest BCUT2D eigenvalue weighted by molar-refractivity contribution is 0.461. The van der Waals surface area contributed by atoms with Gasteiger partial charge < -0.3 is 0 Å². The van der Waals surface area contributed by atoms with Crippen molar-refractivity contribution < 1.29 is 0 Å². The molecule has 2 aliphatic rings. The number of hydrogen-bond acceptors (Lipinski definition) is 2. The van der Waals surface area contributed by atoms with Gasteiger partial charge in [-0.05, 0) is 42.8 Å². The SMILES string of the molecule is S=C=NCC1CC2C=CC1C2. The summed E-state index contributed by atoms with van der Waals surface area (Å²) in [5, 5.41) is 2.44. The Labute approximate surface area is 72.2 Å². The highest BCUT2D eigenvalue weighted by atomic mass is 32.1. The molecule has 1 nitrogen and oxygen atoms in total. The molecule has 0 spiro atoms. The van der Waals surface area contributed by atoms with Gasteiger partial charge in [0.25, 0.3) is 0 Å². The van der Waals surface area contributed by atoms with Crippen LogP contribution in [0.1, 0.15) is 12.8 Å². The van der Waals surface area contributed by atoms with Crippen molar-refractivity contribution in [1.82, 2.24) is 0 Å². The summed E-state index contributed by atoms with van der Waals surface area (Å²) in [6.07, 6.45) is 7.37. The van der Waals surface area contributed by atoms with Crippen LogP contribution in [0.15, 0.2) is 17.1 Å². The highest BCUT2D eigenvalue weighted by molar-refractivity contribution is 7.78. The van der Waals surface area contributed by atoms with Crippen LogP contribution in [0, 0.1) is 17.8 Å². The first-order valence-corrected chi connectivity index (χ1v) is 4.53. The van der Waals surface area contributed by atoms with Crippen LogP contribution < -0.4 is 0 Å². The van der Waals surface area contributed by atoms with E-state index in [9.17, 15) is 0 Å². The summed E-state index contributed by atoms with van der Waals surface area (Å²) in [6.45, 7) is 0.898. The molecule has 1 saturated carbocycles. The van der Waals surface area contributed by atoms with Crippen LogP contribution in [0.3, 0.4) is 0 Å². The van der Waals surface area contributed by atoms with E-state index in [4.69, 9.17) is 0 Å². The molecular formula is C9H11NS. The molecule has 0 radical (unpaired) electrons. The van der Waals surface area contributed by atoms with E-state index in [2.05, 4.69) is 34.5 Å². The largest absolute Gasteiger partial charge is 0.232 e. The lowest BCUT2D eigenvalue weighted by atomic mass is 9.94. The molecule has 0 aromatic carbocycles. The van der Waals surface area contributed by atoms with Crippen molar-refractivity contribution >= 4 is 17.4 Å². The van der Waals surface area contributed by atoms with E-state index in [-0.39, 0.29) is 0 Å². The molecular weight excluding hydrogens is 154 g/mol. The average Bonchev–Trinajstić information content (AvgIpc) is 2.60. The van der Waals surface area contributed by atoms with Crippen LogP contribution in [0.5, 0.6) is 0 Å². The first-order valence-electron chi connectivity index (χ1n) is 4.12. The van der Waals surface area contributed by atoms with Crippen molar-refractivity contribution in [3.63, 3.8) is 0 Å². The first kappa shape index (κ1) is 7.20. The zero-order chi connectivity index (χ0) is 7.68. The van der Waals surface area contributed by atoms with E-state index in [0.29, 0.717) is 0 Å². The molecule has 0 N–H and O–H groups in total. The van der Waals surface area contributed by atoms with Gasteiger partial charge in [-0.3, -0.25) is 0 Å². The fourth-order valence-electron chi connectivity index (χ4n) is 2.26. The van der Waals surface area contributed by atoms with Gasteiger partial charge in [0.2, 0.25) is 0 Å². The molecule has 2 rings (SSSR count). The molecule has 0 heterocycles. The summed E-state index contributed by atoms with van der Waals surface area (Å²) < 4.78 is 0. The summed E-state index contributed by atoms with van der Waals surface area (Å²) in [7, 11) is 0. The molecule has 1 fully saturated rings. The third-order valence-corrected chi connectivity index (χ3v) is 2.94. The second-order valence-corrected chi connectivity index (χ2v) is 3.65. The minimum atomic E-state index is 0.764. The lowest BCUT2D eigenvalue weighted by Crippen LogP contribution is -2.09. The molecule has 0 amide bonds. The quantitative estimate of drug-likeness (QED) is 0.347. The van der Waals surface area contributed by atoms with Gasteiger partial charge >= 0.3 is 0 Å². The smallest absolute Gasteiger partial charge is 0.0585 e. The number of allylic oxidation sites excluding steroid dienone is 2. The van der Waals surface area contributed by atoms with Gasteiger partial charge in [-0.2, -0.15) is 0 Å². The molecule has 0 aromatic heterocycles. The topological polar surface area (TPSA) is 12.4 Å². The van der Waals surface area contributed by atoms with Gasteiger partial charge in [-0.1, -0.05) is 12.2 Å². The molecule has 0 saturated heterocycles. The van der Waals surface area contributed by atoms with Crippen molar-refractivity contribution in [3.8, 4) is 0 Å². The normalized spacial score (nSPS) is 39.1. The van der Waals surface area contributed by atoms with Gasteiger partial charge in [-0.25, -0.2) is 4.99 Å². The Hall–Kier alpha value is -0.460. The van der Waals surface area contributed by atoms with E-state index < -0.39 is 0 Å². The van der Waals surface area contributed by atoms with E-state index >= 15 is 0 Å². The molecule has 3 unspecified atom stereocenters. The number of nitrogens with zero attached hydrogens (tertiary/aromatic N) is 1. The highest BCUT2D eigenvalue weighted by Crippen LogP contribution is 2.43. The summed E-state index contributed by atoms with van der Waals surface area (Å²) in [6, 6.07) is 0. The maximum atomic E-state index is 4.54. The Kier molecular flexibility index (Phi) is 1.89. The van der Waals surface area contributed by atoms with E-state index in [1.54, 1.807) is 0 Å². The van der Waals surface area contributed by atoms with Gasteiger partial charge in [0.15, 0.2) is 0 Å². The minimum absolute atomic E-state index is 0.764. The molecule has 3 atom stereocenters. The number of fused-ring (bicyclic) bond motifs is 2. The van der Waals surface area contributed by atoms with Gasteiger partial charge in [-0.15, -0.1) is 0 Å². The molecule has 0 aliphatic heterocycles. The molecule has 0 aromatic rings. The average molecular weight is 165 g/mol. The zero-order valence-corrected chi connectivity index (χ0v) is 7.18. The maximum absolute atomic E-state index is 4.54. The first-order chi connectivity index (χ1) is 5.40. The van der Waals surface area contributed by atoms with Crippen molar-refractivity contribution in [2.75, 3.05) is 6.54 Å². The number of aliphatic imine (C=N–C) groups is 1. The van der Waals surface area contributed by atoms with Gasteiger partial charge in [0.05, 0.1) is 11.7 Å². The number of isothiocyanates is 1. The van der Waals surface area contributed by atoms with E-state index in [1.165, 1.54) is 12.8 Å². The predicted octanol–water partition coefficient (Wildman–Crippen LogP) is 2.30. The summed E-state index contributed by atoms with van der Waals surface area (Å²) >= 11 is 4.54. The van der Waals surface area contributed by atoms with E-state index in [0.717, 1.165) is 24.3 Å².